The molecule has 0 spiro atoms. The van der Waals surface area contributed by atoms with Gasteiger partial charge in [-0.25, -0.2) is 0 Å². The summed E-state index contributed by atoms with van der Waals surface area (Å²) in [6.07, 6.45) is 8.24. The Morgan fingerprint density at radius 1 is 0.750 bits per heavy atom. The van der Waals surface area contributed by atoms with Gasteiger partial charge in [0.1, 0.15) is 24.7 Å². The number of carbonyl (C=O) groups is 3. The van der Waals surface area contributed by atoms with Gasteiger partial charge in [-0.1, -0.05) is 76.5 Å². The van der Waals surface area contributed by atoms with E-state index in [1.807, 2.05) is 87.7 Å². The minimum atomic E-state index is -3.11. The number of hydrogen-bond acceptors (Lipinski definition) is 15. The molecule has 0 radical (unpaired) electrons. The van der Waals surface area contributed by atoms with Gasteiger partial charge in [-0.15, -0.1) is 12.6 Å². The van der Waals surface area contributed by atoms with Crippen molar-refractivity contribution in [1.29, 1.82) is 0 Å². The van der Waals surface area contributed by atoms with E-state index >= 15 is 0 Å². The molecule has 0 aromatic heterocycles. The van der Waals surface area contributed by atoms with E-state index in [1.165, 1.54) is 11.1 Å². The molecule has 0 saturated heterocycles. The van der Waals surface area contributed by atoms with Crippen LogP contribution >= 0.6 is 21.6 Å². The van der Waals surface area contributed by atoms with E-state index in [0.717, 1.165) is 94.0 Å². The number of nitrogens with zero attached hydrogens (tertiary/aromatic N) is 3. The molecule has 5 aromatic carbocycles. The number of amides is 2. The van der Waals surface area contributed by atoms with Crippen molar-refractivity contribution in [3.8, 4) is 17.2 Å². The number of Topliss-reactive ketones (excluding diaryl/α,β-unsaturated/α-hetero) is 1. The third-order valence-corrected chi connectivity index (χ3v) is 17.9. The van der Waals surface area contributed by atoms with Crippen molar-refractivity contribution < 1.29 is 85.0 Å². The molecule has 19 heteroatoms. The van der Waals surface area contributed by atoms with Gasteiger partial charge in [0.2, 0.25) is 0 Å². The fourth-order valence-corrected chi connectivity index (χ4v) is 13.3. The molecule has 5 aromatic rings. The first-order valence-electron chi connectivity index (χ1n) is 27.0. The van der Waals surface area contributed by atoms with Crippen LogP contribution in [0, 0.1) is 13.3 Å². The maximum atomic E-state index is 14.3. The van der Waals surface area contributed by atoms with E-state index in [9.17, 15) is 14.4 Å². The largest absolute Gasteiger partial charge is 1.00 e. The number of fused-ring (bicyclic) bond motifs is 8. The zero-order valence-electron chi connectivity index (χ0n) is 47.1. The quantitative estimate of drug-likeness (QED) is 0.0232. The Balaban J connectivity index is 0.00000179. The van der Waals surface area contributed by atoms with Gasteiger partial charge in [0.15, 0.2) is 11.5 Å². The van der Waals surface area contributed by atoms with Crippen molar-refractivity contribution in [1.82, 2.24) is 0 Å². The number of ketones is 1. The molecule has 0 unspecified atom stereocenters. The molecule has 15 nitrogen and oxygen atoms in total. The molecule has 0 saturated carbocycles. The smallest absolute Gasteiger partial charge is 0.493 e. The summed E-state index contributed by atoms with van der Waals surface area (Å²) in [7, 11) is 3.83. The summed E-state index contributed by atoms with van der Waals surface area (Å²) in [6, 6.07) is 31.0. The van der Waals surface area contributed by atoms with Crippen LogP contribution in [0.15, 0.2) is 91.0 Å². The van der Waals surface area contributed by atoms with Gasteiger partial charge < -0.3 is 49.5 Å². The summed E-state index contributed by atoms with van der Waals surface area (Å²) in [5.41, 5.74) is 11.5. The average Bonchev–Trinajstić information content (AvgIpc) is 3.96. The predicted molar refractivity (Wildman–Crippen MR) is 311 cm³/mol. The predicted octanol–water partition coefficient (Wildman–Crippen LogP) is 7.42. The van der Waals surface area contributed by atoms with Gasteiger partial charge in [-0.3, -0.25) is 14.4 Å². The molecule has 2 amide bonds. The number of benzene rings is 5. The Labute approximate surface area is 502 Å². The van der Waals surface area contributed by atoms with Gasteiger partial charge in [0, 0.05) is 77.8 Å². The Bertz CT molecular complexity index is 3080. The Morgan fingerprint density at radius 3 is 2.05 bits per heavy atom. The van der Waals surface area contributed by atoms with Crippen LogP contribution in [0.3, 0.4) is 0 Å². The first-order valence-corrected chi connectivity index (χ1v) is 30.4. The van der Waals surface area contributed by atoms with Crippen LogP contribution in [0.2, 0.25) is 0 Å². The van der Waals surface area contributed by atoms with Gasteiger partial charge in [-0.05, 0) is 141 Å². The number of hydrogen-bond donors (Lipinski definition) is 0. The minimum Gasteiger partial charge on any atom is -0.493 e. The zero-order chi connectivity index (χ0) is 56.1. The molecule has 0 bridgehead atoms. The van der Waals surface area contributed by atoms with Crippen molar-refractivity contribution in [2.45, 2.75) is 109 Å². The second kappa shape index (κ2) is 29.9. The van der Waals surface area contributed by atoms with Crippen LogP contribution in [-0.4, -0.2) is 113 Å². The summed E-state index contributed by atoms with van der Waals surface area (Å²) in [4.78, 5) is 46.9. The van der Waals surface area contributed by atoms with Crippen LogP contribution in [0.5, 0.6) is 17.2 Å². The second-order valence-electron chi connectivity index (χ2n) is 20.7. The number of ether oxygens (including phenoxy) is 6. The second-order valence-corrected chi connectivity index (χ2v) is 24.3. The van der Waals surface area contributed by atoms with Crippen molar-refractivity contribution in [2.75, 3.05) is 80.8 Å². The van der Waals surface area contributed by atoms with E-state index < -0.39 is 10.6 Å². The molecule has 0 N–H and O–H groups in total. The molecular weight excluding hydrogens is 1090 g/mol. The van der Waals surface area contributed by atoms with Crippen molar-refractivity contribution >= 4 is 66.9 Å². The first kappa shape index (κ1) is 62.7. The zero-order valence-corrected chi connectivity index (χ0v) is 51.5. The van der Waals surface area contributed by atoms with Crippen molar-refractivity contribution in [3.63, 3.8) is 0 Å². The van der Waals surface area contributed by atoms with Gasteiger partial charge in [0.25, 0.3) is 11.8 Å². The Kier molecular flexibility index (Phi) is 23.4. The molecule has 0 fully saturated rings. The molecule has 4 heterocycles. The Hall–Kier alpha value is -4.89. The molecule has 4 aliphatic rings. The first-order chi connectivity index (χ1) is 38.2. The summed E-state index contributed by atoms with van der Waals surface area (Å²) < 4.78 is 61.6. The molecular formula is C61H72N3NaO12S3. The van der Waals surface area contributed by atoms with E-state index in [1.54, 1.807) is 14.2 Å². The van der Waals surface area contributed by atoms with E-state index in [0.29, 0.717) is 88.2 Å². The van der Waals surface area contributed by atoms with Gasteiger partial charge >= 0.3 is 40.2 Å². The topological polar surface area (TPSA) is 168 Å². The molecule has 4 aliphatic heterocycles. The SMILES string of the molecule is CCC(=O)CCCSSC(C)(C)CN(CCOCCOCCOC)c1cc(COc2cc3c(cc2C)C(=O)N2c4ccccc4C[C@H]2CC3)cc(COc2cc3c(cc2OC)C(=O)N2c4ccccc4C[C@H]2[CH-]C3)c1.O=S(=O)=O.[Na+]. The van der Waals surface area contributed by atoms with Crippen LogP contribution in [0.1, 0.15) is 106 Å². The number of methoxy groups -OCH3 is 2. The monoisotopic (exact) mass is 1160 g/mol. The fourth-order valence-electron chi connectivity index (χ4n) is 10.8. The average molecular weight is 1160 g/mol. The molecule has 9 rings (SSSR count). The third kappa shape index (κ3) is 16.2. The third-order valence-electron chi connectivity index (χ3n) is 14.6. The summed E-state index contributed by atoms with van der Waals surface area (Å²) in [5.74, 6) is 3.04. The number of para-hydroxylation sites is 2. The summed E-state index contributed by atoms with van der Waals surface area (Å²) in [5, 5.41) is 0. The fraction of sp³-hybridized carbons (Fsp3) is 0.443. The maximum Gasteiger partial charge on any atom is 1.00 e. The summed E-state index contributed by atoms with van der Waals surface area (Å²) in [6.45, 7) is 12.8. The molecule has 0 aliphatic carbocycles. The number of aryl methyl sites for hydroxylation is 2. The number of rotatable bonds is 26. The molecule has 80 heavy (non-hydrogen) atoms. The maximum absolute atomic E-state index is 14.3. The van der Waals surface area contributed by atoms with Gasteiger partial charge in [-0.2, -0.15) is 6.42 Å². The Morgan fingerprint density at radius 2 is 1.36 bits per heavy atom. The van der Waals surface area contributed by atoms with Crippen LogP contribution in [0.4, 0.5) is 17.1 Å². The standard InChI is InChI=1S/C61H72N3O9S2.Na.O3S/c1-7-51(65)15-12-28-74-75-61(3,4)40-62(22-23-70-26-27-71-25-24-68-5)50-31-42(38-72-56-35-44-18-20-48-33-46-13-8-10-16-54(46)63(48)59(66)52(44)29-41(56)2)30-43(32-50)39-73-58-36-45-19-21-49-34-47-14-9-11-17-55(47)64(49)60(67)53(45)37-57(58)69-6;;1-4(2)3/h8-11,13-14,16-17,21,29-32,35-37,48-49H,7,12,15,18-20,22-28,33-34,38-40H2,1-6H3;;/q-1;+1;/t48-,49-;;/m1../s1. The van der Waals surface area contributed by atoms with Crippen LogP contribution < -0.4 is 58.5 Å². The van der Waals surface area contributed by atoms with E-state index in [2.05, 4.69) is 73.7 Å². The summed E-state index contributed by atoms with van der Waals surface area (Å²) >= 11 is 0. The normalized spacial score (nSPS) is 15.8. The number of anilines is 3. The minimum absolute atomic E-state index is 0. The van der Waals surface area contributed by atoms with Crippen molar-refractivity contribution in [2.24, 2.45) is 0 Å². The molecule has 2 atom stereocenters. The van der Waals surface area contributed by atoms with Crippen molar-refractivity contribution in [3.05, 3.63) is 147 Å². The van der Waals surface area contributed by atoms with Crippen LogP contribution in [-0.2, 0) is 68.5 Å². The molecule has 422 valence electrons. The van der Waals surface area contributed by atoms with Gasteiger partial charge in [0.05, 0.1) is 40.1 Å². The van der Waals surface area contributed by atoms with E-state index in [4.69, 9.17) is 41.0 Å². The van der Waals surface area contributed by atoms with Crippen LogP contribution in [0.25, 0.3) is 0 Å². The van der Waals surface area contributed by atoms with E-state index in [-0.39, 0.29) is 71.4 Å². The number of carbonyl (C=O) groups excluding carboxylic acids is 3.